The molecule has 2 saturated heterocycles. The van der Waals surface area contributed by atoms with Gasteiger partial charge in [0, 0.05) is 36.1 Å². The molecule has 3 unspecified atom stereocenters. The summed E-state index contributed by atoms with van der Waals surface area (Å²) in [4.78, 5) is 43.4. The normalized spacial score (nSPS) is 22.5. The molecule has 3 amide bonds. The van der Waals surface area contributed by atoms with Gasteiger partial charge in [0.05, 0.1) is 4.90 Å². The number of hydrogen-bond acceptors (Lipinski definition) is 5. The summed E-state index contributed by atoms with van der Waals surface area (Å²) in [6.07, 6.45) is 2.94. The molecule has 2 aliphatic heterocycles. The summed E-state index contributed by atoms with van der Waals surface area (Å²) in [5.74, 6) is -1.69. The van der Waals surface area contributed by atoms with E-state index in [1.54, 1.807) is 23.1 Å². The van der Waals surface area contributed by atoms with Crippen molar-refractivity contribution < 1.29 is 22.8 Å². The number of nitrogens with zero attached hydrogens (tertiary/aromatic N) is 1. The van der Waals surface area contributed by atoms with Crippen LogP contribution in [0.15, 0.2) is 65.7 Å². The lowest BCUT2D eigenvalue weighted by Crippen LogP contribution is -2.67. The van der Waals surface area contributed by atoms with Crippen molar-refractivity contribution in [2.45, 2.75) is 42.3 Å². The van der Waals surface area contributed by atoms with Crippen LogP contribution in [0.2, 0.25) is 0 Å². The fourth-order valence-electron chi connectivity index (χ4n) is 4.95. The maximum atomic E-state index is 13.2. The van der Waals surface area contributed by atoms with Crippen molar-refractivity contribution in [1.82, 2.24) is 20.5 Å². The highest BCUT2D eigenvalue weighted by Crippen LogP contribution is 2.25. The smallest absolute Gasteiger partial charge is 0.246 e. The van der Waals surface area contributed by atoms with E-state index < -0.39 is 39.6 Å². The monoisotopic (exact) mass is 494 g/mol. The molecule has 2 fully saturated rings. The molecule has 5 rings (SSSR count). The van der Waals surface area contributed by atoms with E-state index in [1.165, 1.54) is 12.1 Å². The van der Waals surface area contributed by atoms with Gasteiger partial charge in [-0.2, -0.15) is 0 Å². The van der Waals surface area contributed by atoms with Gasteiger partial charge in [-0.25, -0.2) is 8.42 Å². The summed E-state index contributed by atoms with van der Waals surface area (Å²) in [7, 11) is -3.76. The highest BCUT2D eigenvalue weighted by molar-refractivity contribution is 7.92. The quantitative estimate of drug-likeness (QED) is 0.474. The molecular formula is C25H26N4O5S. The molecule has 0 radical (unpaired) electrons. The van der Waals surface area contributed by atoms with Crippen LogP contribution in [0.1, 0.15) is 18.4 Å². The number of piperazine rings is 1. The summed E-state index contributed by atoms with van der Waals surface area (Å²) in [6, 6.07) is 13.9. The number of piperidine rings is 1. The summed E-state index contributed by atoms with van der Waals surface area (Å²) in [5.41, 5.74) is 1.93. The Kier molecular flexibility index (Phi) is 6.06. The first-order valence-electron chi connectivity index (χ1n) is 11.5. The second-order valence-electron chi connectivity index (χ2n) is 9.03. The molecule has 3 aromatic rings. The molecule has 3 atom stereocenters. The molecule has 3 N–H and O–H groups in total. The number of para-hydroxylation sites is 1. The van der Waals surface area contributed by atoms with Gasteiger partial charge in [0.15, 0.2) is 9.84 Å². The Hall–Kier alpha value is -3.66. The first-order chi connectivity index (χ1) is 16.8. The Morgan fingerprint density at radius 2 is 1.80 bits per heavy atom. The molecule has 10 heteroatoms. The third-order valence-electron chi connectivity index (χ3n) is 6.69. The number of nitrogens with one attached hydrogen (secondary N) is 3. The van der Waals surface area contributed by atoms with Gasteiger partial charge in [0.2, 0.25) is 17.7 Å². The van der Waals surface area contributed by atoms with Crippen LogP contribution in [0.3, 0.4) is 0 Å². The maximum absolute atomic E-state index is 13.2. The predicted octanol–water partition coefficient (Wildman–Crippen LogP) is 1.16. The van der Waals surface area contributed by atoms with Crippen LogP contribution < -0.4 is 10.6 Å². The Bertz CT molecular complexity index is 1390. The topological polar surface area (TPSA) is 128 Å². The zero-order valence-corrected chi connectivity index (χ0v) is 19.8. The third-order valence-corrected chi connectivity index (χ3v) is 8.32. The summed E-state index contributed by atoms with van der Waals surface area (Å²) < 4.78 is 25.0. The van der Waals surface area contributed by atoms with E-state index in [1.807, 2.05) is 30.5 Å². The summed E-state index contributed by atoms with van der Waals surface area (Å²) in [6.45, 7) is 0.317. The number of aromatic nitrogens is 1. The van der Waals surface area contributed by atoms with E-state index in [0.29, 0.717) is 19.4 Å². The van der Waals surface area contributed by atoms with Gasteiger partial charge in [-0.15, -0.1) is 0 Å². The lowest BCUT2D eigenvalue weighted by atomic mass is 9.91. The van der Waals surface area contributed by atoms with Gasteiger partial charge < -0.3 is 20.5 Å². The van der Waals surface area contributed by atoms with Gasteiger partial charge in [0.25, 0.3) is 0 Å². The number of amides is 3. The Morgan fingerprint density at radius 3 is 2.60 bits per heavy atom. The van der Waals surface area contributed by atoms with Crippen molar-refractivity contribution in [2.24, 2.45) is 0 Å². The number of aromatic amines is 1. The number of carbonyl (C=O) groups excluding carboxylic acids is 3. The number of carbonyl (C=O) groups is 3. The van der Waals surface area contributed by atoms with Crippen molar-refractivity contribution in [3.8, 4) is 0 Å². The van der Waals surface area contributed by atoms with Crippen LogP contribution in [-0.4, -0.2) is 66.4 Å². The first kappa shape index (κ1) is 23.1. The minimum Gasteiger partial charge on any atom is -0.361 e. The number of rotatable bonds is 6. The number of hydrogen-bond donors (Lipinski definition) is 3. The van der Waals surface area contributed by atoms with Gasteiger partial charge in [-0.3, -0.25) is 14.4 Å². The standard InChI is InChI=1S/C25H26N4O5S/c30-23(15-35(33,34)18-6-2-1-3-7-18)27-17-10-11-29-22(13-17)24(31)28-21(25(29)32)12-16-14-26-20-9-5-4-8-19(16)20/h1-9,14,17,21-22,26H,10-13,15H2,(H,27,30)(H,28,31). The molecule has 35 heavy (non-hydrogen) atoms. The van der Waals surface area contributed by atoms with Crippen LogP contribution in [0.5, 0.6) is 0 Å². The third kappa shape index (κ3) is 4.66. The van der Waals surface area contributed by atoms with E-state index in [2.05, 4.69) is 15.6 Å². The van der Waals surface area contributed by atoms with Gasteiger partial charge in [-0.05, 0) is 36.6 Å². The highest BCUT2D eigenvalue weighted by Gasteiger charge is 2.44. The van der Waals surface area contributed by atoms with Crippen molar-refractivity contribution >= 4 is 38.5 Å². The Balaban J connectivity index is 1.21. The maximum Gasteiger partial charge on any atom is 0.246 e. The lowest BCUT2D eigenvalue weighted by molar-refractivity contribution is -0.151. The molecule has 0 saturated carbocycles. The molecule has 0 aliphatic carbocycles. The van der Waals surface area contributed by atoms with Crippen LogP contribution in [-0.2, 0) is 30.6 Å². The Morgan fingerprint density at radius 1 is 1.06 bits per heavy atom. The predicted molar refractivity (Wildman–Crippen MR) is 129 cm³/mol. The second-order valence-corrected chi connectivity index (χ2v) is 11.0. The van der Waals surface area contributed by atoms with Crippen molar-refractivity contribution in [3.05, 3.63) is 66.4 Å². The zero-order valence-electron chi connectivity index (χ0n) is 18.9. The average molecular weight is 495 g/mol. The minimum atomic E-state index is -3.76. The lowest BCUT2D eigenvalue weighted by Gasteiger charge is -2.44. The highest BCUT2D eigenvalue weighted by atomic mass is 32.2. The first-order valence-corrected chi connectivity index (χ1v) is 13.2. The van der Waals surface area contributed by atoms with Gasteiger partial charge in [-0.1, -0.05) is 36.4 Å². The number of H-pyrrole nitrogens is 1. The van der Waals surface area contributed by atoms with E-state index >= 15 is 0 Å². The average Bonchev–Trinajstić information content (AvgIpc) is 3.25. The second kappa shape index (κ2) is 9.18. The number of benzene rings is 2. The molecule has 2 aromatic carbocycles. The molecular weight excluding hydrogens is 468 g/mol. The van der Waals surface area contributed by atoms with Crippen LogP contribution in [0.25, 0.3) is 10.9 Å². The van der Waals surface area contributed by atoms with E-state index in [-0.39, 0.29) is 23.1 Å². The van der Waals surface area contributed by atoms with Crippen LogP contribution in [0.4, 0.5) is 0 Å². The van der Waals surface area contributed by atoms with Crippen LogP contribution in [0, 0.1) is 0 Å². The fraction of sp³-hybridized carbons (Fsp3) is 0.320. The molecule has 0 bridgehead atoms. The summed E-state index contributed by atoms with van der Waals surface area (Å²) >= 11 is 0. The van der Waals surface area contributed by atoms with Gasteiger partial charge >= 0.3 is 0 Å². The number of fused-ring (bicyclic) bond motifs is 2. The van der Waals surface area contributed by atoms with Crippen molar-refractivity contribution in [1.29, 1.82) is 0 Å². The van der Waals surface area contributed by atoms with Crippen molar-refractivity contribution in [2.75, 3.05) is 12.3 Å². The Labute approximate surface area is 202 Å². The molecule has 9 nitrogen and oxygen atoms in total. The SMILES string of the molecule is O=C(CS(=O)(=O)c1ccccc1)NC1CCN2C(=O)C(Cc3c[nH]c4ccccc34)NC(=O)C2C1. The molecule has 182 valence electrons. The largest absolute Gasteiger partial charge is 0.361 e. The van der Waals surface area contributed by atoms with E-state index in [9.17, 15) is 22.8 Å². The molecule has 3 heterocycles. The van der Waals surface area contributed by atoms with Crippen LogP contribution >= 0.6 is 0 Å². The van der Waals surface area contributed by atoms with E-state index in [0.717, 1.165) is 16.5 Å². The summed E-state index contributed by atoms with van der Waals surface area (Å²) in [5, 5.41) is 6.61. The fourth-order valence-corrected chi connectivity index (χ4v) is 6.12. The molecule has 0 spiro atoms. The van der Waals surface area contributed by atoms with Gasteiger partial charge in [0.1, 0.15) is 17.8 Å². The van der Waals surface area contributed by atoms with E-state index in [4.69, 9.17) is 0 Å². The molecule has 1 aromatic heterocycles. The molecule has 2 aliphatic rings. The van der Waals surface area contributed by atoms with Crippen molar-refractivity contribution in [3.63, 3.8) is 0 Å². The minimum absolute atomic E-state index is 0.0865. The number of sulfone groups is 1. The zero-order chi connectivity index (χ0) is 24.6.